The minimum Gasteiger partial charge on any atom is -0.194 e. The molecule has 0 N–H and O–H groups in total. The third-order valence-electron chi connectivity index (χ3n) is 11.4. The van der Waals surface area contributed by atoms with Gasteiger partial charge in [-0.3, -0.25) is 0 Å². The van der Waals surface area contributed by atoms with Gasteiger partial charge in [0.05, 0.1) is 21.2 Å². The molecule has 5 heterocycles. The number of aryl methyl sites for hydroxylation is 2. The quantitative estimate of drug-likeness (QED) is 0.161. The van der Waals surface area contributed by atoms with E-state index in [2.05, 4.69) is 52.1 Å². The molecule has 3 aromatic heterocycles. The number of allylic oxidation sites excluding steroid dienone is 4. The number of aromatic nitrogens is 2. The lowest BCUT2D eigenvalue weighted by atomic mass is 9.71. The minimum atomic E-state index is -5.59. The number of thioether (sulfide) groups is 2. The molecular formula is C43H28F6N2S5. The highest BCUT2D eigenvalue weighted by Crippen LogP contribution is 2.75. The van der Waals surface area contributed by atoms with E-state index < -0.39 is 38.4 Å². The average Bonchev–Trinajstić information content (AvgIpc) is 4.02. The van der Waals surface area contributed by atoms with E-state index in [9.17, 15) is 0 Å². The summed E-state index contributed by atoms with van der Waals surface area (Å²) < 4.78 is 101. The Labute approximate surface area is 339 Å². The zero-order valence-corrected chi connectivity index (χ0v) is 34.0. The van der Waals surface area contributed by atoms with Crippen LogP contribution in [0.2, 0.25) is 0 Å². The Morgan fingerprint density at radius 3 is 1.45 bits per heavy atom. The largest absolute Gasteiger partial charge is 0.380 e. The van der Waals surface area contributed by atoms with Gasteiger partial charge in [-0.1, -0.05) is 66.2 Å². The Balaban J connectivity index is 1.01. The molecule has 10 rings (SSSR count). The molecule has 2 aliphatic carbocycles. The summed E-state index contributed by atoms with van der Waals surface area (Å²) in [5.41, 5.74) is 4.97. The number of benzene rings is 3. The minimum absolute atomic E-state index is 0.156. The second kappa shape index (κ2) is 12.1. The first-order chi connectivity index (χ1) is 26.5. The third kappa shape index (κ3) is 4.84. The predicted octanol–water partition coefficient (Wildman–Crippen LogP) is 14.4. The van der Waals surface area contributed by atoms with Gasteiger partial charge in [0.1, 0.15) is 11.0 Å². The summed E-state index contributed by atoms with van der Waals surface area (Å²) >= 11 is 6.62. The number of hydrogen-bond donors (Lipinski definition) is 0. The highest BCUT2D eigenvalue weighted by molar-refractivity contribution is 8.14. The molecule has 3 aromatic carbocycles. The van der Waals surface area contributed by atoms with E-state index in [0.29, 0.717) is 9.81 Å². The molecule has 2 aliphatic heterocycles. The lowest BCUT2D eigenvalue weighted by Gasteiger charge is -2.47. The molecule has 0 saturated heterocycles. The summed E-state index contributed by atoms with van der Waals surface area (Å²) in [4.78, 5) is 4.58. The SMILES string of the molecule is Cc1ccc(-c2ccc(-c3ccc(-c4ccc(C5=CC6=C7C(=C8C=C(c9ccc(C)s9)SC8(C)C6(C)S5)C(F)(F)C(F)(F)C7(F)F)s4)cc3)c3nsnc23)cc1. The molecule has 2 unspecified atom stereocenters. The number of rotatable bonds is 5. The Kier molecular flexibility index (Phi) is 7.86. The lowest BCUT2D eigenvalue weighted by Crippen LogP contribution is -2.48. The van der Waals surface area contributed by atoms with Crippen molar-refractivity contribution in [1.29, 1.82) is 0 Å². The van der Waals surface area contributed by atoms with Gasteiger partial charge in [0.25, 0.3) is 0 Å². The number of fused-ring (bicyclic) bond motifs is 5. The topological polar surface area (TPSA) is 25.8 Å². The molecular weight excluding hydrogens is 819 g/mol. The van der Waals surface area contributed by atoms with Gasteiger partial charge in [0.2, 0.25) is 0 Å². The van der Waals surface area contributed by atoms with E-state index in [0.717, 1.165) is 58.4 Å². The summed E-state index contributed by atoms with van der Waals surface area (Å²) in [6, 6.07) is 28.1. The molecule has 4 aliphatic rings. The van der Waals surface area contributed by atoms with Crippen LogP contribution in [-0.2, 0) is 0 Å². The molecule has 0 bridgehead atoms. The van der Waals surface area contributed by atoms with E-state index in [1.54, 1.807) is 13.8 Å². The maximum Gasteiger partial charge on any atom is 0.380 e. The number of nitrogens with zero attached hydrogens (tertiary/aromatic N) is 2. The molecule has 0 amide bonds. The van der Waals surface area contributed by atoms with Gasteiger partial charge < -0.3 is 0 Å². The first kappa shape index (κ1) is 36.5. The maximum absolute atomic E-state index is 15.9. The van der Waals surface area contributed by atoms with Crippen molar-refractivity contribution in [3.05, 3.63) is 140 Å². The van der Waals surface area contributed by atoms with Crippen LogP contribution >= 0.6 is 57.9 Å². The fourth-order valence-corrected chi connectivity index (χ4v) is 14.0. The molecule has 6 aromatic rings. The van der Waals surface area contributed by atoms with Gasteiger partial charge in [0.15, 0.2) is 0 Å². The average molecular weight is 847 g/mol. The van der Waals surface area contributed by atoms with Crippen LogP contribution in [0.15, 0.2) is 119 Å². The first-order valence-electron chi connectivity index (χ1n) is 17.6. The highest BCUT2D eigenvalue weighted by Gasteiger charge is 2.84. The molecule has 282 valence electrons. The summed E-state index contributed by atoms with van der Waals surface area (Å²) in [5, 5.41) is 0. The molecule has 0 radical (unpaired) electrons. The molecule has 2 nitrogen and oxygen atoms in total. The Morgan fingerprint density at radius 2 is 0.946 bits per heavy atom. The molecule has 1 saturated carbocycles. The fraction of sp³-hybridized carbons (Fsp3) is 0.209. The van der Waals surface area contributed by atoms with Crippen molar-refractivity contribution < 1.29 is 26.3 Å². The van der Waals surface area contributed by atoms with Crippen molar-refractivity contribution in [3.8, 4) is 32.7 Å². The maximum atomic E-state index is 15.9. The van der Waals surface area contributed by atoms with Gasteiger partial charge >= 0.3 is 17.8 Å². The monoisotopic (exact) mass is 846 g/mol. The number of alkyl halides is 6. The van der Waals surface area contributed by atoms with Gasteiger partial charge in [-0.2, -0.15) is 35.1 Å². The van der Waals surface area contributed by atoms with Crippen molar-refractivity contribution >= 4 is 78.8 Å². The molecule has 56 heavy (non-hydrogen) atoms. The van der Waals surface area contributed by atoms with Gasteiger partial charge in [-0.25, -0.2) is 0 Å². The Hall–Kier alpha value is -3.88. The molecule has 1 fully saturated rings. The predicted molar refractivity (Wildman–Crippen MR) is 222 cm³/mol. The van der Waals surface area contributed by atoms with E-state index >= 15 is 26.3 Å². The summed E-state index contributed by atoms with van der Waals surface area (Å²) in [6.07, 6.45) is 2.89. The lowest BCUT2D eigenvalue weighted by molar-refractivity contribution is -0.258. The normalized spacial score (nSPS) is 24.4. The van der Waals surface area contributed by atoms with E-state index in [1.165, 1.54) is 75.6 Å². The van der Waals surface area contributed by atoms with Gasteiger partial charge in [0, 0.05) is 51.6 Å². The molecule has 0 spiro atoms. The van der Waals surface area contributed by atoms with Crippen LogP contribution < -0.4 is 0 Å². The summed E-state index contributed by atoms with van der Waals surface area (Å²) in [5.74, 6) is -15.7. The van der Waals surface area contributed by atoms with E-state index in [-0.39, 0.29) is 11.1 Å². The second-order valence-corrected chi connectivity index (χ2v) is 20.5. The zero-order valence-electron chi connectivity index (χ0n) is 29.9. The smallest absolute Gasteiger partial charge is 0.194 e. The van der Waals surface area contributed by atoms with Crippen molar-refractivity contribution in [2.45, 2.75) is 55.0 Å². The Bertz CT molecular complexity index is 2790. The van der Waals surface area contributed by atoms with Crippen LogP contribution in [-0.4, -0.2) is 36.0 Å². The summed E-state index contributed by atoms with van der Waals surface area (Å²) in [7, 11) is 0. The number of thiophene rings is 2. The van der Waals surface area contributed by atoms with Crippen molar-refractivity contribution in [3.63, 3.8) is 0 Å². The van der Waals surface area contributed by atoms with Crippen LogP contribution in [0.3, 0.4) is 0 Å². The number of halogens is 6. The Morgan fingerprint density at radius 1 is 0.500 bits per heavy atom. The standard InChI is InChI=1S/C43H28F6N2S5/c1-21-5-8-23(9-6-21)26-14-15-27(38-37(26)50-56-51-38)24-10-12-25(13-11-24)30-17-18-32(53-30)34-20-29-36-35(41(44,45)43(48,49)42(36,46)47)28-19-33(31-16-7-22(2)52-31)54-39(28,3)40(29,4)55-34/h5-20H,1-4H3. The van der Waals surface area contributed by atoms with Crippen LogP contribution in [0, 0.1) is 13.8 Å². The van der Waals surface area contributed by atoms with Crippen LogP contribution in [0.4, 0.5) is 26.3 Å². The van der Waals surface area contributed by atoms with E-state index in [1.807, 2.05) is 55.5 Å². The van der Waals surface area contributed by atoms with Gasteiger partial charge in [-0.15, -0.1) is 46.2 Å². The molecule has 2 atom stereocenters. The van der Waals surface area contributed by atoms with Crippen molar-refractivity contribution in [2.24, 2.45) is 0 Å². The first-order valence-corrected chi connectivity index (χ1v) is 21.6. The van der Waals surface area contributed by atoms with Crippen LogP contribution in [0.25, 0.3) is 53.5 Å². The zero-order chi connectivity index (χ0) is 39.2. The fourth-order valence-electron chi connectivity index (χ4n) is 8.22. The second-order valence-electron chi connectivity index (χ2n) is 14.7. The van der Waals surface area contributed by atoms with Crippen LogP contribution in [0.1, 0.15) is 34.0 Å². The van der Waals surface area contributed by atoms with Crippen LogP contribution in [0.5, 0.6) is 0 Å². The van der Waals surface area contributed by atoms with E-state index in [4.69, 9.17) is 0 Å². The number of hydrogen-bond acceptors (Lipinski definition) is 7. The van der Waals surface area contributed by atoms with Gasteiger partial charge in [-0.05, 0) is 91.9 Å². The van der Waals surface area contributed by atoms with Crippen molar-refractivity contribution in [2.75, 3.05) is 0 Å². The third-order valence-corrected chi connectivity index (χ3v) is 17.7. The highest BCUT2D eigenvalue weighted by atomic mass is 32.2. The molecule has 13 heteroatoms. The summed E-state index contributed by atoms with van der Waals surface area (Å²) in [6.45, 7) is 7.41. The van der Waals surface area contributed by atoms with Crippen molar-refractivity contribution in [1.82, 2.24) is 8.75 Å².